The number of nitrogens with zero attached hydrogens (tertiary/aromatic N) is 1. The molecule has 0 fully saturated rings. The smallest absolute Gasteiger partial charge is 0.375 e. The summed E-state index contributed by atoms with van der Waals surface area (Å²) in [4.78, 5) is 26.2. The molecule has 1 atom stereocenters. The minimum atomic E-state index is -0.850. The van der Waals surface area contributed by atoms with Gasteiger partial charge in [0.25, 0.3) is 5.91 Å². The summed E-state index contributed by atoms with van der Waals surface area (Å²) in [5.41, 5.74) is 2.40. The molecule has 2 aromatic rings. The lowest BCUT2D eigenvalue weighted by Crippen LogP contribution is -2.42. The Kier molecular flexibility index (Phi) is 4.52. The van der Waals surface area contributed by atoms with Gasteiger partial charge in [-0.1, -0.05) is 24.3 Å². The molecule has 0 spiro atoms. The largest absolute Gasteiger partial charge is 0.447 e. The van der Waals surface area contributed by atoms with Crippen LogP contribution in [0.25, 0.3) is 0 Å². The van der Waals surface area contributed by atoms with Crippen molar-refractivity contribution >= 4 is 27.8 Å². The number of halogens is 1. The molecule has 0 saturated heterocycles. The first-order valence-corrected chi connectivity index (χ1v) is 8.16. The standard InChI is InChI=1S/C17H16BrNO4/c1-11(22-17(21)14-6-7-15(18)23-14)16(20)19-9-8-12-4-2-3-5-13(12)10-19/h2-7,11H,8-10H2,1H3/t11-/m0/s1. The van der Waals surface area contributed by atoms with Crippen molar-refractivity contribution in [2.75, 3.05) is 6.54 Å². The number of rotatable bonds is 3. The SMILES string of the molecule is C[C@H](OC(=O)c1ccc(Br)o1)C(=O)N1CCc2ccccc2C1. The predicted octanol–water partition coefficient (Wildman–Crippen LogP) is 3.17. The maximum Gasteiger partial charge on any atom is 0.375 e. The van der Waals surface area contributed by atoms with E-state index in [9.17, 15) is 9.59 Å². The average Bonchev–Trinajstić information content (AvgIpc) is 3.00. The molecule has 0 saturated carbocycles. The molecule has 0 radical (unpaired) electrons. The zero-order valence-corrected chi connectivity index (χ0v) is 14.2. The maximum absolute atomic E-state index is 12.5. The van der Waals surface area contributed by atoms with Crippen LogP contribution in [0.3, 0.4) is 0 Å². The molecule has 120 valence electrons. The van der Waals surface area contributed by atoms with E-state index in [1.54, 1.807) is 17.9 Å². The Balaban J connectivity index is 1.63. The van der Waals surface area contributed by atoms with Crippen LogP contribution in [-0.4, -0.2) is 29.4 Å². The van der Waals surface area contributed by atoms with Gasteiger partial charge < -0.3 is 14.1 Å². The van der Waals surface area contributed by atoms with Gasteiger partial charge in [-0.15, -0.1) is 0 Å². The van der Waals surface area contributed by atoms with E-state index in [-0.39, 0.29) is 11.7 Å². The Morgan fingerprint density at radius 1 is 1.22 bits per heavy atom. The zero-order valence-electron chi connectivity index (χ0n) is 12.6. The lowest BCUT2D eigenvalue weighted by molar-refractivity contribution is -0.140. The lowest BCUT2D eigenvalue weighted by Gasteiger charge is -2.30. The van der Waals surface area contributed by atoms with Crippen molar-refractivity contribution in [3.63, 3.8) is 0 Å². The molecule has 1 aliphatic rings. The summed E-state index contributed by atoms with van der Waals surface area (Å²) in [5, 5.41) is 0. The van der Waals surface area contributed by atoms with Crippen LogP contribution < -0.4 is 0 Å². The Hall–Kier alpha value is -2.08. The number of furan rings is 1. The van der Waals surface area contributed by atoms with E-state index < -0.39 is 12.1 Å². The van der Waals surface area contributed by atoms with Crippen molar-refractivity contribution in [1.82, 2.24) is 4.90 Å². The van der Waals surface area contributed by atoms with Crippen LogP contribution in [0.1, 0.15) is 28.6 Å². The molecule has 0 unspecified atom stereocenters. The third-order valence-corrected chi connectivity index (χ3v) is 4.27. The van der Waals surface area contributed by atoms with Gasteiger partial charge in [0.1, 0.15) is 0 Å². The molecule has 0 aliphatic carbocycles. The predicted molar refractivity (Wildman–Crippen MR) is 86.8 cm³/mol. The monoisotopic (exact) mass is 377 g/mol. The highest BCUT2D eigenvalue weighted by molar-refractivity contribution is 9.10. The molecule has 0 N–H and O–H groups in total. The van der Waals surface area contributed by atoms with Gasteiger partial charge in [-0.2, -0.15) is 0 Å². The number of fused-ring (bicyclic) bond motifs is 1. The molecule has 3 rings (SSSR count). The number of hydrogen-bond donors (Lipinski definition) is 0. The highest BCUT2D eigenvalue weighted by Gasteiger charge is 2.27. The van der Waals surface area contributed by atoms with E-state index in [1.807, 2.05) is 18.2 Å². The van der Waals surface area contributed by atoms with Gasteiger partial charge in [-0.25, -0.2) is 4.79 Å². The second-order valence-corrected chi connectivity index (χ2v) is 6.21. The number of hydrogen-bond acceptors (Lipinski definition) is 4. The summed E-state index contributed by atoms with van der Waals surface area (Å²) >= 11 is 3.12. The number of benzene rings is 1. The fourth-order valence-electron chi connectivity index (χ4n) is 2.63. The molecule has 23 heavy (non-hydrogen) atoms. The van der Waals surface area contributed by atoms with Gasteiger partial charge in [-0.05, 0) is 52.5 Å². The molecule has 6 heteroatoms. The number of esters is 1. The molecule has 1 aromatic heterocycles. The number of ether oxygens (including phenoxy) is 1. The molecular formula is C17H16BrNO4. The quantitative estimate of drug-likeness (QED) is 0.770. The minimum absolute atomic E-state index is 0.0699. The fraction of sp³-hybridized carbons (Fsp3) is 0.294. The van der Waals surface area contributed by atoms with Gasteiger partial charge in [0.05, 0.1) is 0 Å². The van der Waals surface area contributed by atoms with Gasteiger partial charge >= 0.3 is 5.97 Å². The Bertz CT molecular complexity index is 740. The molecule has 1 aliphatic heterocycles. The number of carbonyl (C=O) groups excluding carboxylic acids is 2. The van der Waals surface area contributed by atoms with Gasteiger partial charge in [-0.3, -0.25) is 4.79 Å². The first-order valence-electron chi connectivity index (χ1n) is 7.36. The van der Waals surface area contributed by atoms with E-state index in [0.717, 1.165) is 12.0 Å². The van der Waals surface area contributed by atoms with Gasteiger partial charge in [0.15, 0.2) is 10.8 Å². The summed E-state index contributed by atoms with van der Waals surface area (Å²) in [6.45, 7) is 2.76. The zero-order chi connectivity index (χ0) is 16.4. The van der Waals surface area contributed by atoms with Gasteiger partial charge in [0.2, 0.25) is 5.76 Å². The Morgan fingerprint density at radius 2 is 1.96 bits per heavy atom. The van der Waals surface area contributed by atoms with Crippen LogP contribution in [0.4, 0.5) is 0 Å². The van der Waals surface area contributed by atoms with Crippen molar-refractivity contribution in [3.05, 3.63) is 58.0 Å². The molecule has 1 amide bonds. The van der Waals surface area contributed by atoms with Crippen molar-refractivity contribution in [2.45, 2.75) is 26.0 Å². The van der Waals surface area contributed by atoms with Crippen molar-refractivity contribution < 1.29 is 18.7 Å². The van der Waals surface area contributed by atoms with E-state index in [2.05, 4.69) is 22.0 Å². The van der Waals surface area contributed by atoms with E-state index in [4.69, 9.17) is 9.15 Å². The summed E-state index contributed by atoms with van der Waals surface area (Å²) in [7, 11) is 0. The van der Waals surface area contributed by atoms with E-state index in [1.165, 1.54) is 11.6 Å². The third kappa shape index (κ3) is 3.47. The summed E-state index contributed by atoms with van der Waals surface area (Å²) < 4.78 is 10.8. The fourth-order valence-corrected chi connectivity index (χ4v) is 2.94. The van der Waals surface area contributed by atoms with Crippen LogP contribution >= 0.6 is 15.9 Å². The maximum atomic E-state index is 12.5. The van der Waals surface area contributed by atoms with Crippen LogP contribution in [0, 0.1) is 0 Å². The minimum Gasteiger partial charge on any atom is -0.447 e. The first kappa shape index (κ1) is 15.8. The third-order valence-electron chi connectivity index (χ3n) is 3.85. The van der Waals surface area contributed by atoms with Gasteiger partial charge in [0, 0.05) is 13.1 Å². The van der Waals surface area contributed by atoms with Crippen LogP contribution in [0.15, 0.2) is 45.5 Å². The highest BCUT2D eigenvalue weighted by atomic mass is 79.9. The Morgan fingerprint density at radius 3 is 2.65 bits per heavy atom. The lowest BCUT2D eigenvalue weighted by atomic mass is 9.99. The summed E-state index contributed by atoms with van der Waals surface area (Å²) in [5.74, 6) is -0.770. The van der Waals surface area contributed by atoms with Crippen molar-refractivity contribution in [1.29, 1.82) is 0 Å². The molecule has 2 heterocycles. The molecule has 1 aromatic carbocycles. The van der Waals surface area contributed by atoms with Crippen LogP contribution in [0.5, 0.6) is 0 Å². The normalized spacial score (nSPS) is 15.0. The van der Waals surface area contributed by atoms with Crippen LogP contribution in [-0.2, 0) is 22.5 Å². The molecule has 5 nitrogen and oxygen atoms in total. The summed E-state index contributed by atoms with van der Waals surface area (Å²) in [6, 6.07) is 11.2. The number of carbonyl (C=O) groups is 2. The second kappa shape index (κ2) is 6.58. The van der Waals surface area contributed by atoms with E-state index in [0.29, 0.717) is 17.8 Å². The Labute approximate surface area is 142 Å². The van der Waals surface area contributed by atoms with Crippen molar-refractivity contribution in [2.24, 2.45) is 0 Å². The topological polar surface area (TPSA) is 59.8 Å². The second-order valence-electron chi connectivity index (χ2n) is 5.43. The summed E-state index contributed by atoms with van der Waals surface area (Å²) in [6.07, 6.45) is -0.0371. The van der Waals surface area contributed by atoms with E-state index >= 15 is 0 Å². The molecular weight excluding hydrogens is 362 g/mol. The number of amides is 1. The van der Waals surface area contributed by atoms with Crippen molar-refractivity contribution in [3.8, 4) is 0 Å². The van der Waals surface area contributed by atoms with Crippen LogP contribution in [0.2, 0.25) is 0 Å². The first-order chi connectivity index (χ1) is 11.0. The average molecular weight is 378 g/mol. The highest BCUT2D eigenvalue weighted by Crippen LogP contribution is 2.20. The molecule has 0 bridgehead atoms.